The fourth-order valence-corrected chi connectivity index (χ4v) is 7.35. The van der Waals surface area contributed by atoms with E-state index in [-0.39, 0.29) is 18.1 Å². The van der Waals surface area contributed by atoms with Gasteiger partial charge in [-0.1, -0.05) is 19.8 Å². The molecule has 4 rings (SSSR count). The summed E-state index contributed by atoms with van der Waals surface area (Å²) in [5.41, 5.74) is 0.415. The molecule has 6 nitrogen and oxygen atoms in total. The van der Waals surface area contributed by atoms with E-state index in [1.165, 1.54) is 38.5 Å². The lowest BCUT2D eigenvalue weighted by atomic mass is 9.77. The molecule has 7 heteroatoms. The monoisotopic (exact) mass is 423 g/mol. The van der Waals surface area contributed by atoms with Crippen LogP contribution in [0.2, 0.25) is 0 Å². The van der Waals surface area contributed by atoms with Gasteiger partial charge in [-0.3, -0.25) is 20.3 Å². The molecule has 0 radical (unpaired) electrons. The highest BCUT2D eigenvalue weighted by atomic mass is 32.2. The first kappa shape index (κ1) is 21.9. The van der Waals surface area contributed by atoms with E-state index in [0.29, 0.717) is 28.7 Å². The first-order valence-corrected chi connectivity index (χ1v) is 12.9. The number of rotatable bonds is 5. The van der Waals surface area contributed by atoms with E-state index in [1.807, 2.05) is 11.8 Å². The average molecular weight is 424 g/mol. The van der Waals surface area contributed by atoms with E-state index in [4.69, 9.17) is 0 Å². The van der Waals surface area contributed by atoms with Crippen LogP contribution in [0.4, 0.5) is 0 Å². The van der Waals surface area contributed by atoms with E-state index >= 15 is 0 Å². The van der Waals surface area contributed by atoms with Crippen molar-refractivity contribution in [3.8, 4) is 0 Å². The number of thioether (sulfide) groups is 1. The van der Waals surface area contributed by atoms with Crippen molar-refractivity contribution in [2.24, 2.45) is 11.8 Å². The predicted octanol–water partition coefficient (Wildman–Crippen LogP) is 2.07. The number of nitrogens with one attached hydrogen (secondary N) is 4. The summed E-state index contributed by atoms with van der Waals surface area (Å²) < 4.78 is 0. The van der Waals surface area contributed by atoms with E-state index in [9.17, 15) is 4.79 Å². The third kappa shape index (κ3) is 5.48. The number of hydrogen-bond acceptors (Lipinski definition) is 6. The van der Waals surface area contributed by atoms with Gasteiger partial charge in [0.25, 0.3) is 0 Å². The van der Waals surface area contributed by atoms with Gasteiger partial charge in [0.05, 0.1) is 12.2 Å². The first-order valence-electron chi connectivity index (χ1n) is 11.9. The minimum atomic E-state index is 0.00107. The summed E-state index contributed by atoms with van der Waals surface area (Å²) in [7, 11) is 2.21. The molecular weight excluding hydrogens is 382 g/mol. The van der Waals surface area contributed by atoms with Crippen LogP contribution in [0, 0.1) is 11.8 Å². The second-order valence-electron chi connectivity index (χ2n) is 9.95. The molecule has 0 spiro atoms. The minimum absolute atomic E-state index is 0.00107. The van der Waals surface area contributed by atoms with Crippen molar-refractivity contribution >= 4 is 17.7 Å². The molecular formula is C22H41N5OS. The molecule has 0 aromatic rings. The van der Waals surface area contributed by atoms with Crippen molar-refractivity contribution < 1.29 is 4.79 Å². The zero-order valence-corrected chi connectivity index (χ0v) is 19.3. The van der Waals surface area contributed by atoms with E-state index in [1.54, 1.807) is 0 Å². The smallest absolute Gasteiger partial charge is 0.238 e. The Morgan fingerprint density at radius 2 is 1.97 bits per heavy atom. The number of likely N-dealkylation sites (N-methyl/N-ethyl adjacent to an activating group) is 1. The summed E-state index contributed by atoms with van der Waals surface area (Å²) in [6.45, 7) is 6.73. The Morgan fingerprint density at radius 3 is 2.76 bits per heavy atom. The highest BCUT2D eigenvalue weighted by Crippen LogP contribution is 2.33. The highest BCUT2D eigenvalue weighted by molar-refractivity contribution is 8.00. The molecule has 3 aliphatic heterocycles. The van der Waals surface area contributed by atoms with Gasteiger partial charge in [-0.25, -0.2) is 0 Å². The van der Waals surface area contributed by atoms with Crippen molar-refractivity contribution in [2.45, 2.75) is 100 Å². The third-order valence-electron chi connectivity index (χ3n) is 7.62. The van der Waals surface area contributed by atoms with Crippen LogP contribution in [-0.4, -0.2) is 66.0 Å². The normalized spacial score (nSPS) is 42.2. The van der Waals surface area contributed by atoms with Gasteiger partial charge in [0.15, 0.2) is 0 Å². The van der Waals surface area contributed by atoms with Gasteiger partial charge in [-0.2, -0.15) is 0 Å². The maximum absolute atomic E-state index is 12.9. The fraction of sp³-hybridized carbons (Fsp3) is 0.955. The Kier molecular flexibility index (Phi) is 7.44. The molecule has 3 heterocycles. The molecule has 0 aromatic heterocycles. The van der Waals surface area contributed by atoms with E-state index < -0.39 is 0 Å². The average Bonchev–Trinajstić information content (AvgIpc) is 3.04. The van der Waals surface area contributed by atoms with Crippen LogP contribution in [0.15, 0.2) is 0 Å². The van der Waals surface area contributed by atoms with Gasteiger partial charge >= 0.3 is 0 Å². The Morgan fingerprint density at radius 1 is 1.14 bits per heavy atom. The molecule has 4 fully saturated rings. The Hall–Kier alpha value is -0.340. The number of amides is 1. The SMILES string of the molecule is CC1CN(C)C(SC(C)C2CCNC(NC(=O)C3CCC4CCCCC4N3)C2)N1. The zero-order chi connectivity index (χ0) is 20.4. The molecule has 8 unspecified atom stereocenters. The van der Waals surface area contributed by atoms with Crippen LogP contribution in [0.5, 0.6) is 0 Å². The second-order valence-corrected chi connectivity index (χ2v) is 11.4. The molecule has 0 aromatic carbocycles. The number of hydrogen-bond donors (Lipinski definition) is 4. The molecule has 1 saturated carbocycles. The lowest BCUT2D eigenvalue weighted by Gasteiger charge is -2.41. The summed E-state index contributed by atoms with van der Waals surface area (Å²) in [6.07, 6.45) is 9.82. The Labute approximate surface area is 181 Å². The quantitative estimate of drug-likeness (QED) is 0.543. The molecule has 1 amide bonds. The lowest BCUT2D eigenvalue weighted by molar-refractivity contribution is -0.125. The maximum atomic E-state index is 12.9. The summed E-state index contributed by atoms with van der Waals surface area (Å²) in [4.78, 5) is 15.4. The molecule has 8 atom stereocenters. The van der Waals surface area contributed by atoms with Gasteiger partial charge < -0.3 is 10.6 Å². The molecule has 0 bridgehead atoms. The number of fused-ring (bicyclic) bond motifs is 1. The molecule has 3 saturated heterocycles. The third-order valence-corrected chi connectivity index (χ3v) is 9.19. The van der Waals surface area contributed by atoms with Crippen LogP contribution in [0.25, 0.3) is 0 Å². The van der Waals surface area contributed by atoms with Crippen molar-refractivity contribution in [1.82, 2.24) is 26.2 Å². The predicted molar refractivity (Wildman–Crippen MR) is 121 cm³/mol. The largest absolute Gasteiger partial charge is 0.339 e. The van der Waals surface area contributed by atoms with Crippen LogP contribution < -0.4 is 21.3 Å². The number of piperidine rings is 2. The van der Waals surface area contributed by atoms with Crippen LogP contribution in [0.3, 0.4) is 0 Å². The molecule has 4 N–H and O–H groups in total. The van der Waals surface area contributed by atoms with Crippen LogP contribution >= 0.6 is 11.8 Å². The van der Waals surface area contributed by atoms with Gasteiger partial charge in [0, 0.05) is 23.9 Å². The van der Waals surface area contributed by atoms with Gasteiger partial charge in [-0.15, -0.1) is 11.8 Å². The van der Waals surface area contributed by atoms with E-state index in [2.05, 4.69) is 47.1 Å². The van der Waals surface area contributed by atoms with Gasteiger partial charge in [0.2, 0.25) is 5.91 Å². The first-order chi connectivity index (χ1) is 14.0. The molecule has 166 valence electrons. The van der Waals surface area contributed by atoms with Crippen molar-refractivity contribution in [3.05, 3.63) is 0 Å². The van der Waals surface area contributed by atoms with Crippen molar-refractivity contribution in [3.63, 3.8) is 0 Å². The Bertz CT molecular complexity index is 563. The number of nitrogens with zero attached hydrogens (tertiary/aromatic N) is 1. The lowest BCUT2D eigenvalue weighted by Crippen LogP contribution is -2.59. The standard InChI is InChI=1S/C22H41N5OS/c1-14-13-27(3)22(24-14)29-15(2)17-10-11-23-20(12-17)26-21(28)19-9-8-16-6-4-5-7-18(16)25-19/h14-20,22-25H,4-13H2,1-3H3,(H,26,28). The molecule has 1 aliphatic carbocycles. The summed E-state index contributed by atoms with van der Waals surface area (Å²) >= 11 is 2.05. The summed E-state index contributed by atoms with van der Waals surface area (Å²) in [5.74, 6) is 1.64. The van der Waals surface area contributed by atoms with E-state index in [0.717, 1.165) is 31.8 Å². The molecule has 4 aliphatic rings. The molecule has 29 heavy (non-hydrogen) atoms. The van der Waals surface area contributed by atoms with Crippen LogP contribution in [-0.2, 0) is 4.79 Å². The summed E-state index contributed by atoms with van der Waals surface area (Å²) in [6, 6.07) is 1.13. The summed E-state index contributed by atoms with van der Waals surface area (Å²) in [5, 5.41) is 14.8. The minimum Gasteiger partial charge on any atom is -0.339 e. The van der Waals surface area contributed by atoms with Crippen molar-refractivity contribution in [2.75, 3.05) is 20.1 Å². The highest BCUT2D eigenvalue weighted by Gasteiger charge is 2.36. The topological polar surface area (TPSA) is 68.4 Å². The van der Waals surface area contributed by atoms with Gasteiger partial charge in [0.1, 0.15) is 5.50 Å². The maximum Gasteiger partial charge on any atom is 0.238 e. The second kappa shape index (κ2) is 9.86. The van der Waals surface area contributed by atoms with Crippen molar-refractivity contribution in [1.29, 1.82) is 0 Å². The number of carbonyl (C=O) groups is 1. The Balaban J connectivity index is 1.24. The van der Waals surface area contributed by atoms with Gasteiger partial charge in [-0.05, 0) is 70.9 Å². The fourth-order valence-electron chi connectivity index (χ4n) is 5.87. The van der Waals surface area contributed by atoms with Crippen LogP contribution in [0.1, 0.15) is 65.2 Å². The zero-order valence-electron chi connectivity index (χ0n) is 18.5. The number of carbonyl (C=O) groups excluding carboxylic acids is 1.